The number of hydrazine groups is 1. The molecule has 0 spiro atoms. The summed E-state index contributed by atoms with van der Waals surface area (Å²) in [5.41, 5.74) is 6.39. The van der Waals surface area contributed by atoms with Crippen molar-refractivity contribution in [3.8, 4) is 0 Å². The van der Waals surface area contributed by atoms with Gasteiger partial charge in [0.25, 0.3) is 0 Å². The van der Waals surface area contributed by atoms with E-state index in [9.17, 15) is 4.79 Å². The Labute approximate surface area is 98.4 Å². The predicted molar refractivity (Wildman–Crippen MR) is 65.4 cm³/mol. The first kappa shape index (κ1) is 12.0. The predicted octanol–water partition coefficient (Wildman–Crippen LogP) is 3.08. The summed E-state index contributed by atoms with van der Waals surface area (Å²) in [6, 6.07) is 7.62. The van der Waals surface area contributed by atoms with Crippen molar-refractivity contribution in [3.63, 3.8) is 0 Å². The summed E-state index contributed by atoms with van der Waals surface area (Å²) < 4.78 is 1.02. The molecule has 0 heterocycles. The Balaban J connectivity index is 2.30. The van der Waals surface area contributed by atoms with Crippen LogP contribution in [0.3, 0.4) is 0 Å². The molecule has 4 heteroatoms. The van der Waals surface area contributed by atoms with E-state index in [-0.39, 0.29) is 5.91 Å². The zero-order valence-electron chi connectivity index (χ0n) is 8.72. The maximum Gasteiger partial charge on any atom is 0.238 e. The van der Waals surface area contributed by atoms with Crippen LogP contribution in [0.15, 0.2) is 28.7 Å². The molecule has 0 fully saturated rings. The van der Waals surface area contributed by atoms with Gasteiger partial charge in [-0.05, 0) is 30.7 Å². The van der Waals surface area contributed by atoms with E-state index >= 15 is 0 Å². The summed E-state index contributed by atoms with van der Waals surface area (Å²) in [7, 11) is 0. The van der Waals surface area contributed by atoms with Crippen molar-refractivity contribution < 1.29 is 4.79 Å². The molecule has 1 aromatic carbocycles. The number of nitrogens with one attached hydrogen (secondary N) is 2. The first-order valence-electron chi connectivity index (χ1n) is 5.03. The van der Waals surface area contributed by atoms with Gasteiger partial charge in [0.05, 0.1) is 5.69 Å². The standard InChI is InChI=1S/C11H15BrN2O/c1-2-3-4-11(15)14-13-10-7-5-9(12)6-8-10/h5-8,13H,2-4H2,1H3,(H,14,15). The summed E-state index contributed by atoms with van der Waals surface area (Å²) in [4.78, 5) is 11.3. The Bertz CT molecular complexity index is 311. The van der Waals surface area contributed by atoms with Crippen LogP contribution >= 0.6 is 15.9 Å². The van der Waals surface area contributed by atoms with Crippen molar-refractivity contribution in [2.75, 3.05) is 5.43 Å². The molecule has 1 aromatic rings. The minimum Gasteiger partial charge on any atom is -0.299 e. The Morgan fingerprint density at radius 2 is 2.00 bits per heavy atom. The third-order valence-corrected chi connectivity index (χ3v) is 2.48. The number of anilines is 1. The average Bonchev–Trinajstić information content (AvgIpc) is 2.25. The van der Waals surface area contributed by atoms with Crippen LogP contribution in [-0.2, 0) is 4.79 Å². The van der Waals surface area contributed by atoms with Crippen LogP contribution in [0.5, 0.6) is 0 Å². The molecule has 0 radical (unpaired) electrons. The Kier molecular flexibility index (Phi) is 5.18. The minimum atomic E-state index is 0.0276. The summed E-state index contributed by atoms with van der Waals surface area (Å²) >= 11 is 3.34. The largest absolute Gasteiger partial charge is 0.299 e. The third-order valence-electron chi connectivity index (χ3n) is 1.95. The monoisotopic (exact) mass is 270 g/mol. The molecule has 0 bridgehead atoms. The molecule has 3 nitrogen and oxygen atoms in total. The molecule has 0 saturated heterocycles. The van der Waals surface area contributed by atoms with E-state index in [1.54, 1.807) is 0 Å². The highest BCUT2D eigenvalue weighted by Crippen LogP contribution is 2.13. The normalized spacial score (nSPS) is 9.73. The second-order valence-electron chi connectivity index (χ2n) is 3.28. The Morgan fingerprint density at radius 3 is 2.60 bits per heavy atom. The lowest BCUT2D eigenvalue weighted by Crippen LogP contribution is -2.28. The second-order valence-corrected chi connectivity index (χ2v) is 4.20. The van der Waals surface area contributed by atoms with Crippen molar-refractivity contribution in [3.05, 3.63) is 28.7 Å². The first-order valence-corrected chi connectivity index (χ1v) is 5.82. The summed E-state index contributed by atoms with van der Waals surface area (Å²) in [5, 5.41) is 0. The number of unbranched alkanes of at least 4 members (excludes halogenated alkanes) is 1. The number of halogens is 1. The fraction of sp³-hybridized carbons (Fsp3) is 0.364. The van der Waals surface area contributed by atoms with Gasteiger partial charge < -0.3 is 0 Å². The SMILES string of the molecule is CCCCC(=O)NNc1ccc(Br)cc1. The second kappa shape index (κ2) is 6.45. The van der Waals surface area contributed by atoms with Gasteiger partial charge in [-0.1, -0.05) is 29.3 Å². The summed E-state index contributed by atoms with van der Waals surface area (Å²) in [6.45, 7) is 2.06. The molecular formula is C11H15BrN2O. The maximum absolute atomic E-state index is 11.3. The van der Waals surface area contributed by atoms with E-state index in [4.69, 9.17) is 0 Å². The van der Waals surface area contributed by atoms with Crippen molar-refractivity contribution in [1.82, 2.24) is 5.43 Å². The lowest BCUT2D eigenvalue weighted by atomic mass is 10.2. The first-order chi connectivity index (χ1) is 7.22. The van der Waals surface area contributed by atoms with Gasteiger partial charge >= 0.3 is 0 Å². The number of carbonyl (C=O) groups is 1. The molecule has 0 aliphatic rings. The van der Waals surface area contributed by atoms with Gasteiger partial charge in [0.15, 0.2) is 0 Å². The smallest absolute Gasteiger partial charge is 0.238 e. The van der Waals surface area contributed by atoms with Crippen LogP contribution in [0.2, 0.25) is 0 Å². The van der Waals surface area contributed by atoms with E-state index < -0.39 is 0 Å². The zero-order valence-corrected chi connectivity index (χ0v) is 10.3. The molecular weight excluding hydrogens is 256 g/mol. The molecule has 0 saturated carbocycles. The average molecular weight is 271 g/mol. The van der Waals surface area contributed by atoms with Crippen LogP contribution in [0.25, 0.3) is 0 Å². The van der Waals surface area contributed by atoms with E-state index in [2.05, 4.69) is 33.7 Å². The molecule has 2 N–H and O–H groups in total. The number of rotatable bonds is 5. The highest BCUT2D eigenvalue weighted by atomic mass is 79.9. The molecule has 0 unspecified atom stereocenters. The lowest BCUT2D eigenvalue weighted by Gasteiger charge is -2.07. The van der Waals surface area contributed by atoms with Crippen molar-refractivity contribution >= 4 is 27.5 Å². The molecule has 1 amide bonds. The summed E-state index contributed by atoms with van der Waals surface area (Å²) in [6.07, 6.45) is 2.53. The van der Waals surface area contributed by atoms with Crippen LogP contribution in [0, 0.1) is 0 Å². The molecule has 0 aliphatic heterocycles. The van der Waals surface area contributed by atoms with E-state index in [0.717, 1.165) is 23.0 Å². The maximum atomic E-state index is 11.3. The van der Waals surface area contributed by atoms with Crippen LogP contribution in [-0.4, -0.2) is 5.91 Å². The topological polar surface area (TPSA) is 41.1 Å². The van der Waals surface area contributed by atoms with Crippen LogP contribution in [0.1, 0.15) is 26.2 Å². The number of benzene rings is 1. The van der Waals surface area contributed by atoms with Crippen molar-refractivity contribution in [2.24, 2.45) is 0 Å². The van der Waals surface area contributed by atoms with Crippen LogP contribution in [0.4, 0.5) is 5.69 Å². The van der Waals surface area contributed by atoms with Crippen LogP contribution < -0.4 is 10.9 Å². The fourth-order valence-corrected chi connectivity index (χ4v) is 1.34. The molecule has 1 rings (SSSR count). The van der Waals surface area contributed by atoms with Gasteiger partial charge in [-0.15, -0.1) is 0 Å². The lowest BCUT2D eigenvalue weighted by molar-refractivity contribution is -0.120. The van der Waals surface area contributed by atoms with Gasteiger partial charge in [0, 0.05) is 10.9 Å². The minimum absolute atomic E-state index is 0.0276. The number of hydrogen-bond acceptors (Lipinski definition) is 2. The van der Waals surface area contributed by atoms with Gasteiger partial charge in [-0.2, -0.15) is 0 Å². The molecule has 82 valence electrons. The van der Waals surface area contributed by atoms with E-state index in [1.807, 2.05) is 24.3 Å². The molecule has 0 aromatic heterocycles. The number of carbonyl (C=O) groups excluding carboxylic acids is 1. The third kappa shape index (κ3) is 4.83. The molecule has 0 aliphatic carbocycles. The van der Waals surface area contributed by atoms with Crippen molar-refractivity contribution in [2.45, 2.75) is 26.2 Å². The Morgan fingerprint density at radius 1 is 1.33 bits per heavy atom. The fourth-order valence-electron chi connectivity index (χ4n) is 1.07. The number of hydrogen-bond donors (Lipinski definition) is 2. The van der Waals surface area contributed by atoms with Gasteiger partial charge in [0.2, 0.25) is 5.91 Å². The van der Waals surface area contributed by atoms with Gasteiger partial charge in [-0.3, -0.25) is 15.6 Å². The summed E-state index contributed by atoms with van der Waals surface area (Å²) in [5.74, 6) is 0.0276. The zero-order chi connectivity index (χ0) is 11.1. The van der Waals surface area contributed by atoms with E-state index in [0.29, 0.717) is 6.42 Å². The van der Waals surface area contributed by atoms with Gasteiger partial charge in [-0.25, -0.2) is 0 Å². The van der Waals surface area contributed by atoms with E-state index in [1.165, 1.54) is 0 Å². The highest BCUT2D eigenvalue weighted by molar-refractivity contribution is 9.10. The molecule has 0 atom stereocenters. The van der Waals surface area contributed by atoms with Crippen molar-refractivity contribution in [1.29, 1.82) is 0 Å². The molecule has 15 heavy (non-hydrogen) atoms. The number of amides is 1. The Hall–Kier alpha value is -1.03. The van der Waals surface area contributed by atoms with Gasteiger partial charge in [0.1, 0.15) is 0 Å². The highest BCUT2D eigenvalue weighted by Gasteiger charge is 1.98. The quantitative estimate of drug-likeness (QED) is 0.808.